The number of thiophene rings is 1. The summed E-state index contributed by atoms with van der Waals surface area (Å²) in [6, 6.07) is 13.5. The highest BCUT2D eigenvalue weighted by Gasteiger charge is 2.43. The van der Waals surface area contributed by atoms with Crippen molar-refractivity contribution in [3.8, 4) is 11.1 Å². The summed E-state index contributed by atoms with van der Waals surface area (Å²) in [6.07, 6.45) is -4.88. The largest absolute Gasteiger partial charge is 0.465 e. The average Bonchev–Trinajstić information content (AvgIpc) is 3.12. The Kier molecular flexibility index (Phi) is 5.91. The molecule has 0 aliphatic rings. The summed E-state index contributed by atoms with van der Waals surface area (Å²) in [7, 11) is -3.60. The lowest BCUT2D eigenvalue weighted by Crippen LogP contribution is -2.17. The van der Waals surface area contributed by atoms with Gasteiger partial charge in [0.05, 0.1) is 7.11 Å². The topological polar surface area (TPSA) is 72.5 Å². The van der Waals surface area contributed by atoms with Gasteiger partial charge in [0.2, 0.25) is 0 Å². The predicted octanol–water partition coefficient (Wildman–Crippen LogP) is 5.33. The highest BCUT2D eigenvalue weighted by molar-refractivity contribution is 7.93. The average molecular weight is 455 g/mol. The Balaban J connectivity index is 2.31. The van der Waals surface area contributed by atoms with Gasteiger partial charge in [0, 0.05) is 11.3 Å². The van der Waals surface area contributed by atoms with E-state index in [9.17, 15) is 26.4 Å². The molecule has 1 N–H and O–H groups in total. The minimum absolute atomic E-state index is 0.0144. The number of sulfonamides is 1. The van der Waals surface area contributed by atoms with Gasteiger partial charge >= 0.3 is 12.1 Å². The number of carbonyl (C=O) groups is 1. The van der Waals surface area contributed by atoms with E-state index in [0.717, 1.165) is 12.7 Å². The molecule has 0 unspecified atom stereocenters. The molecule has 0 radical (unpaired) electrons. The molecule has 1 aromatic heterocycles. The fourth-order valence-corrected chi connectivity index (χ4v) is 5.68. The number of carbonyl (C=O) groups excluding carboxylic acids is 1. The Bertz CT molecular complexity index is 1170. The van der Waals surface area contributed by atoms with Crippen LogP contribution in [0.25, 0.3) is 11.1 Å². The van der Waals surface area contributed by atoms with E-state index in [0.29, 0.717) is 0 Å². The number of halogens is 3. The SMILES string of the molecule is COC(=O)c1sc(C(F)(F)F)c(-c2ccccc2)c1S(=O)(=O)Nc1ccc(C)cc1. The fourth-order valence-electron chi connectivity index (χ4n) is 2.79. The summed E-state index contributed by atoms with van der Waals surface area (Å²) < 4.78 is 74.6. The number of nitrogens with one attached hydrogen (secondary N) is 1. The number of rotatable bonds is 5. The van der Waals surface area contributed by atoms with Gasteiger partial charge in [0.25, 0.3) is 10.0 Å². The lowest BCUT2D eigenvalue weighted by molar-refractivity contribution is -0.133. The Hall–Kier alpha value is -2.85. The van der Waals surface area contributed by atoms with Crippen LogP contribution in [0.5, 0.6) is 0 Å². The van der Waals surface area contributed by atoms with E-state index in [4.69, 9.17) is 0 Å². The standard InChI is InChI=1S/C20H16F3NO4S2/c1-12-8-10-14(11-9-12)24-30(26,27)17-15(13-6-4-3-5-7-13)18(20(21,22)23)29-16(17)19(25)28-2/h3-11,24H,1-2H3. The molecule has 0 fully saturated rings. The van der Waals surface area contributed by atoms with Crippen molar-refractivity contribution in [3.05, 3.63) is 69.9 Å². The Morgan fingerprint density at radius 1 is 1.03 bits per heavy atom. The van der Waals surface area contributed by atoms with Crippen molar-refractivity contribution >= 4 is 33.0 Å². The molecule has 10 heteroatoms. The van der Waals surface area contributed by atoms with E-state index in [-0.39, 0.29) is 22.6 Å². The molecule has 1 heterocycles. The molecule has 2 aromatic carbocycles. The summed E-state index contributed by atoms with van der Waals surface area (Å²) in [5, 5.41) is 0. The maximum absolute atomic E-state index is 13.8. The third kappa shape index (κ3) is 4.34. The maximum Gasteiger partial charge on any atom is 0.426 e. The lowest BCUT2D eigenvalue weighted by atomic mass is 10.1. The van der Waals surface area contributed by atoms with Crippen molar-refractivity contribution in [1.82, 2.24) is 0 Å². The first-order valence-corrected chi connectivity index (χ1v) is 10.8. The van der Waals surface area contributed by atoms with E-state index < -0.39 is 42.4 Å². The van der Waals surface area contributed by atoms with Crippen molar-refractivity contribution in [1.29, 1.82) is 0 Å². The van der Waals surface area contributed by atoms with Crippen LogP contribution in [0, 0.1) is 6.92 Å². The molecular formula is C20H16F3NO4S2. The zero-order valence-corrected chi connectivity index (χ0v) is 17.4. The molecule has 0 atom stereocenters. The van der Waals surface area contributed by atoms with Gasteiger partial charge in [-0.05, 0) is 24.6 Å². The molecular weight excluding hydrogens is 439 g/mol. The summed E-state index contributed by atoms with van der Waals surface area (Å²) in [5.74, 6) is -1.17. The highest BCUT2D eigenvalue weighted by atomic mass is 32.2. The molecule has 0 saturated heterocycles. The summed E-state index contributed by atoms with van der Waals surface area (Å²) in [6.45, 7) is 1.80. The monoisotopic (exact) mass is 455 g/mol. The van der Waals surface area contributed by atoms with Crippen molar-refractivity contribution in [2.24, 2.45) is 0 Å². The molecule has 0 amide bonds. The van der Waals surface area contributed by atoms with E-state index in [1.165, 1.54) is 36.4 Å². The second-order valence-corrected chi connectivity index (χ2v) is 8.93. The first-order valence-electron chi connectivity index (χ1n) is 8.52. The number of aryl methyl sites for hydroxylation is 1. The third-order valence-electron chi connectivity index (χ3n) is 4.13. The molecule has 0 aliphatic heterocycles. The smallest absolute Gasteiger partial charge is 0.426 e. The number of hydrogen-bond acceptors (Lipinski definition) is 5. The first kappa shape index (κ1) is 21.8. The number of alkyl halides is 3. The Morgan fingerprint density at radius 3 is 2.17 bits per heavy atom. The number of methoxy groups -OCH3 is 1. The van der Waals surface area contributed by atoms with E-state index >= 15 is 0 Å². The normalized spacial score (nSPS) is 11.9. The highest BCUT2D eigenvalue weighted by Crippen LogP contribution is 2.48. The molecule has 30 heavy (non-hydrogen) atoms. The first-order chi connectivity index (χ1) is 14.0. The van der Waals surface area contributed by atoms with Gasteiger partial charge in [-0.15, -0.1) is 11.3 Å². The van der Waals surface area contributed by atoms with Crippen molar-refractivity contribution in [3.63, 3.8) is 0 Å². The molecule has 0 bridgehead atoms. The molecule has 3 rings (SSSR count). The molecule has 5 nitrogen and oxygen atoms in total. The predicted molar refractivity (Wildman–Crippen MR) is 108 cm³/mol. The van der Waals surface area contributed by atoms with Crippen LogP contribution in [0.2, 0.25) is 0 Å². The van der Waals surface area contributed by atoms with Crippen molar-refractivity contribution in [2.45, 2.75) is 18.0 Å². The van der Waals surface area contributed by atoms with Crippen molar-refractivity contribution in [2.75, 3.05) is 11.8 Å². The van der Waals surface area contributed by atoms with Crippen LogP contribution in [0.15, 0.2) is 59.5 Å². The van der Waals surface area contributed by atoms with Crippen LogP contribution in [-0.4, -0.2) is 21.5 Å². The van der Waals surface area contributed by atoms with Gasteiger partial charge < -0.3 is 4.74 Å². The van der Waals surface area contributed by atoms with Crippen LogP contribution in [0.3, 0.4) is 0 Å². The molecule has 0 saturated carbocycles. The maximum atomic E-state index is 13.8. The Labute approximate surface area is 175 Å². The lowest BCUT2D eigenvalue weighted by Gasteiger charge is -2.13. The quantitative estimate of drug-likeness (QED) is 0.528. The minimum atomic E-state index is -4.88. The second-order valence-electron chi connectivity index (χ2n) is 6.29. The zero-order valence-electron chi connectivity index (χ0n) is 15.8. The number of esters is 1. The molecule has 158 valence electrons. The Morgan fingerprint density at radius 2 is 1.63 bits per heavy atom. The zero-order chi connectivity index (χ0) is 22.1. The van der Waals surface area contributed by atoms with E-state index in [1.54, 1.807) is 25.1 Å². The van der Waals surface area contributed by atoms with Gasteiger partial charge in [-0.25, -0.2) is 13.2 Å². The number of anilines is 1. The van der Waals surface area contributed by atoms with Crippen LogP contribution in [0.1, 0.15) is 20.1 Å². The molecule has 3 aromatic rings. The van der Waals surface area contributed by atoms with Gasteiger partial charge in [-0.3, -0.25) is 4.72 Å². The van der Waals surface area contributed by atoms with Crippen LogP contribution in [0.4, 0.5) is 18.9 Å². The number of ether oxygens (including phenoxy) is 1. The third-order valence-corrected chi connectivity index (χ3v) is 6.92. The van der Waals surface area contributed by atoms with Crippen molar-refractivity contribution < 1.29 is 31.1 Å². The minimum Gasteiger partial charge on any atom is -0.465 e. The van der Waals surface area contributed by atoms with E-state index in [2.05, 4.69) is 9.46 Å². The van der Waals surface area contributed by atoms with Gasteiger partial charge in [-0.2, -0.15) is 13.2 Å². The van der Waals surface area contributed by atoms with Gasteiger partial charge in [0.1, 0.15) is 14.6 Å². The molecule has 0 aliphatic carbocycles. The summed E-state index contributed by atoms with van der Waals surface area (Å²) >= 11 is 0.0418. The number of benzene rings is 2. The van der Waals surface area contributed by atoms with Crippen LogP contribution < -0.4 is 4.72 Å². The fraction of sp³-hybridized carbons (Fsp3) is 0.150. The van der Waals surface area contributed by atoms with Gasteiger partial charge in [-0.1, -0.05) is 48.0 Å². The van der Waals surface area contributed by atoms with Crippen LogP contribution >= 0.6 is 11.3 Å². The summed E-state index contributed by atoms with van der Waals surface area (Å²) in [4.78, 5) is 9.62. The second kappa shape index (κ2) is 8.11. The van der Waals surface area contributed by atoms with Gasteiger partial charge in [0.15, 0.2) is 0 Å². The number of hydrogen-bond donors (Lipinski definition) is 1. The summed E-state index contributed by atoms with van der Waals surface area (Å²) in [5.41, 5.74) is 0.442. The van der Waals surface area contributed by atoms with E-state index in [1.807, 2.05) is 0 Å². The molecule has 0 spiro atoms. The van der Waals surface area contributed by atoms with Crippen LogP contribution in [-0.2, 0) is 20.9 Å².